The van der Waals surface area contributed by atoms with Gasteiger partial charge in [-0.1, -0.05) is 26.0 Å². The van der Waals surface area contributed by atoms with Crippen molar-refractivity contribution in [2.45, 2.75) is 51.9 Å². The number of H-pyrrole nitrogens is 1. The fraction of sp³-hybridized carbons (Fsp3) is 0.400. The van der Waals surface area contributed by atoms with Gasteiger partial charge in [0, 0.05) is 36.1 Å². The fourth-order valence-corrected chi connectivity index (χ4v) is 4.27. The summed E-state index contributed by atoms with van der Waals surface area (Å²) in [5, 5.41) is 7.20. The highest BCUT2D eigenvalue weighted by Crippen LogP contribution is 2.28. The molecule has 1 aromatic carbocycles. The van der Waals surface area contributed by atoms with Crippen LogP contribution in [0.4, 0.5) is 4.39 Å². The molecule has 5 nitrogen and oxygen atoms in total. The molecule has 1 atom stereocenters. The third-order valence-electron chi connectivity index (χ3n) is 5.90. The average Bonchev–Trinajstić information content (AvgIpc) is 3.23. The Kier molecular flexibility index (Phi) is 6.16. The van der Waals surface area contributed by atoms with E-state index in [1.54, 1.807) is 12.1 Å². The number of hydrogen-bond donors (Lipinski definition) is 1. The number of amides is 1. The molecule has 1 saturated heterocycles. The Labute approximate surface area is 182 Å². The van der Waals surface area contributed by atoms with Crippen molar-refractivity contribution < 1.29 is 9.18 Å². The summed E-state index contributed by atoms with van der Waals surface area (Å²) >= 11 is 0. The smallest absolute Gasteiger partial charge is 0.274 e. The number of pyridine rings is 1. The number of aromatic nitrogens is 3. The van der Waals surface area contributed by atoms with Crippen molar-refractivity contribution in [2.24, 2.45) is 0 Å². The minimum Gasteiger partial charge on any atom is -0.337 e. The van der Waals surface area contributed by atoms with Gasteiger partial charge in [0.1, 0.15) is 11.5 Å². The van der Waals surface area contributed by atoms with Crippen molar-refractivity contribution in [1.82, 2.24) is 20.1 Å². The number of benzene rings is 1. The predicted octanol–water partition coefficient (Wildman–Crippen LogP) is 4.99. The summed E-state index contributed by atoms with van der Waals surface area (Å²) in [4.78, 5) is 19.7. The van der Waals surface area contributed by atoms with Gasteiger partial charge in [0.05, 0.1) is 0 Å². The van der Waals surface area contributed by atoms with Crippen LogP contribution in [0.5, 0.6) is 0 Å². The normalized spacial score (nSPS) is 16.7. The summed E-state index contributed by atoms with van der Waals surface area (Å²) in [5.74, 6) is 0.243. The number of rotatable bonds is 5. The van der Waals surface area contributed by atoms with E-state index in [4.69, 9.17) is 4.98 Å². The second-order valence-corrected chi connectivity index (χ2v) is 8.80. The van der Waals surface area contributed by atoms with Crippen molar-refractivity contribution in [3.05, 3.63) is 82.2 Å². The van der Waals surface area contributed by atoms with Crippen molar-refractivity contribution in [3.8, 4) is 0 Å². The lowest BCUT2D eigenvalue weighted by atomic mass is 9.92. The molecule has 4 rings (SSSR count). The zero-order chi connectivity index (χ0) is 22.0. The second-order valence-electron chi connectivity index (χ2n) is 8.80. The van der Waals surface area contributed by atoms with Gasteiger partial charge in [-0.05, 0) is 73.6 Å². The standard InChI is InChI=1S/C25H29FN4O/c1-16(2)22-14-24(29-28-22)25(31)30-9-5-7-20(15-30)23-13-19(10-17(3)27-23)11-18-6-4-8-21(26)12-18/h4,6,8,10,12-14,16,20H,5,7,9,11,15H2,1-3H3,(H,28,29). The van der Waals surface area contributed by atoms with Gasteiger partial charge in [-0.2, -0.15) is 5.10 Å². The molecule has 162 valence electrons. The first-order valence-corrected chi connectivity index (χ1v) is 11.0. The molecule has 1 unspecified atom stereocenters. The number of nitrogens with zero attached hydrogens (tertiary/aromatic N) is 3. The Morgan fingerprint density at radius 1 is 1.23 bits per heavy atom. The van der Waals surface area contributed by atoms with E-state index in [-0.39, 0.29) is 17.6 Å². The van der Waals surface area contributed by atoms with E-state index >= 15 is 0 Å². The van der Waals surface area contributed by atoms with E-state index in [0.717, 1.165) is 47.6 Å². The zero-order valence-electron chi connectivity index (χ0n) is 18.4. The summed E-state index contributed by atoms with van der Waals surface area (Å²) in [5.41, 5.74) is 5.46. The highest BCUT2D eigenvalue weighted by atomic mass is 19.1. The Morgan fingerprint density at radius 3 is 2.81 bits per heavy atom. The summed E-state index contributed by atoms with van der Waals surface area (Å²) in [6, 6.07) is 12.7. The molecule has 0 radical (unpaired) electrons. The first-order valence-electron chi connectivity index (χ1n) is 11.0. The molecule has 0 spiro atoms. The summed E-state index contributed by atoms with van der Waals surface area (Å²) in [6.07, 6.45) is 2.60. The monoisotopic (exact) mass is 420 g/mol. The molecule has 1 aliphatic rings. The number of likely N-dealkylation sites (tertiary alicyclic amines) is 1. The van der Waals surface area contributed by atoms with E-state index in [1.165, 1.54) is 6.07 Å². The number of carbonyl (C=O) groups is 1. The predicted molar refractivity (Wildman–Crippen MR) is 119 cm³/mol. The maximum absolute atomic E-state index is 13.6. The van der Waals surface area contributed by atoms with Crippen LogP contribution in [0.1, 0.15) is 77.2 Å². The Balaban J connectivity index is 1.51. The van der Waals surface area contributed by atoms with Crippen LogP contribution in [0.25, 0.3) is 0 Å². The van der Waals surface area contributed by atoms with Crippen molar-refractivity contribution in [2.75, 3.05) is 13.1 Å². The van der Waals surface area contributed by atoms with E-state index in [0.29, 0.717) is 24.6 Å². The molecule has 31 heavy (non-hydrogen) atoms. The Morgan fingerprint density at radius 2 is 2.06 bits per heavy atom. The minimum absolute atomic E-state index is 0.0273. The van der Waals surface area contributed by atoms with Crippen LogP contribution in [0.3, 0.4) is 0 Å². The maximum atomic E-state index is 13.6. The average molecular weight is 421 g/mol. The molecular weight excluding hydrogens is 391 g/mol. The first-order chi connectivity index (χ1) is 14.9. The molecule has 1 aliphatic heterocycles. The van der Waals surface area contributed by atoms with Crippen LogP contribution in [0, 0.1) is 12.7 Å². The molecule has 0 saturated carbocycles. The lowest BCUT2D eigenvalue weighted by Crippen LogP contribution is -2.39. The third kappa shape index (κ3) is 5.01. The van der Waals surface area contributed by atoms with Crippen LogP contribution in [-0.2, 0) is 6.42 Å². The third-order valence-corrected chi connectivity index (χ3v) is 5.90. The number of carbonyl (C=O) groups excluding carboxylic acids is 1. The van der Waals surface area contributed by atoms with Gasteiger partial charge in [-0.15, -0.1) is 0 Å². The number of aryl methyl sites for hydroxylation is 1. The summed E-state index contributed by atoms with van der Waals surface area (Å²) < 4.78 is 13.6. The largest absolute Gasteiger partial charge is 0.337 e. The highest BCUT2D eigenvalue weighted by molar-refractivity contribution is 5.92. The van der Waals surface area contributed by atoms with Crippen LogP contribution < -0.4 is 0 Å². The van der Waals surface area contributed by atoms with Crippen LogP contribution in [0.15, 0.2) is 42.5 Å². The molecule has 1 fully saturated rings. The molecule has 0 aliphatic carbocycles. The molecule has 1 N–H and O–H groups in total. The molecule has 2 aromatic heterocycles. The number of aromatic amines is 1. The Bertz CT molecular complexity index is 1070. The molecule has 1 amide bonds. The zero-order valence-corrected chi connectivity index (χ0v) is 18.4. The van der Waals surface area contributed by atoms with Gasteiger partial charge in [-0.3, -0.25) is 14.9 Å². The van der Waals surface area contributed by atoms with Crippen LogP contribution in [-0.4, -0.2) is 39.1 Å². The molecule has 6 heteroatoms. The molecule has 3 heterocycles. The van der Waals surface area contributed by atoms with Crippen molar-refractivity contribution >= 4 is 5.91 Å². The van der Waals surface area contributed by atoms with Gasteiger partial charge in [0.2, 0.25) is 0 Å². The van der Waals surface area contributed by atoms with E-state index in [9.17, 15) is 9.18 Å². The van der Waals surface area contributed by atoms with Gasteiger partial charge in [-0.25, -0.2) is 4.39 Å². The number of piperidine rings is 1. The lowest BCUT2D eigenvalue weighted by molar-refractivity contribution is 0.0700. The molecule has 3 aromatic rings. The maximum Gasteiger partial charge on any atom is 0.274 e. The number of nitrogens with one attached hydrogen (secondary N) is 1. The van der Waals surface area contributed by atoms with Gasteiger partial charge in [0.15, 0.2) is 0 Å². The summed E-state index contributed by atoms with van der Waals surface area (Å²) in [6.45, 7) is 7.51. The van der Waals surface area contributed by atoms with Crippen LogP contribution in [0.2, 0.25) is 0 Å². The van der Waals surface area contributed by atoms with Gasteiger partial charge >= 0.3 is 0 Å². The second kappa shape index (κ2) is 9.00. The fourth-order valence-electron chi connectivity index (χ4n) is 4.27. The van der Waals surface area contributed by atoms with E-state index < -0.39 is 0 Å². The lowest BCUT2D eigenvalue weighted by Gasteiger charge is -2.32. The highest BCUT2D eigenvalue weighted by Gasteiger charge is 2.28. The van der Waals surface area contributed by atoms with E-state index in [1.807, 2.05) is 24.0 Å². The van der Waals surface area contributed by atoms with Crippen LogP contribution >= 0.6 is 0 Å². The minimum atomic E-state index is -0.219. The first kappa shape index (κ1) is 21.2. The van der Waals surface area contributed by atoms with E-state index in [2.05, 4.69) is 36.2 Å². The number of hydrogen-bond acceptors (Lipinski definition) is 3. The SMILES string of the molecule is Cc1cc(Cc2cccc(F)c2)cc(C2CCCN(C(=O)c3cc(C(C)C)[nH]n3)C2)n1. The quantitative estimate of drug-likeness (QED) is 0.633. The van der Waals surface area contributed by atoms with Crippen molar-refractivity contribution in [1.29, 1.82) is 0 Å². The Hall–Kier alpha value is -3.02. The topological polar surface area (TPSA) is 61.9 Å². The van der Waals surface area contributed by atoms with Gasteiger partial charge < -0.3 is 4.90 Å². The molecular formula is C25H29FN4O. The number of halogens is 1. The van der Waals surface area contributed by atoms with Crippen molar-refractivity contribution in [3.63, 3.8) is 0 Å². The molecule has 0 bridgehead atoms. The summed E-state index contributed by atoms with van der Waals surface area (Å²) in [7, 11) is 0. The van der Waals surface area contributed by atoms with Gasteiger partial charge in [0.25, 0.3) is 5.91 Å².